The Morgan fingerprint density at radius 3 is 2.30 bits per heavy atom. The number of carbonyl (C=O) groups is 2. The van der Waals surface area contributed by atoms with Gasteiger partial charge in [-0.3, -0.25) is 9.59 Å². The van der Waals surface area contributed by atoms with Crippen LogP contribution in [-0.2, 0) is 14.3 Å². The molecule has 1 heterocycles. The van der Waals surface area contributed by atoms with E-state index in [1.165, 1.54) is 7.11 Å². The van der Waals surface area contributed by atoms with Gasteiger partial charge in [-0.2, -0.15) is 0 Å². The van der Waals surface area contributed by atoms with Crippen LogP contribution in [0.25, 0.3) is 0 Å². The highest BCUT2D eigenvalue weighted by Crippen LogP contribution is 2.44. The summed E-state index contributed by atoms with van der Waals surface area (Å²) < 4.78 is 4.80. The van der Waals surface area contributed by atoms with Crippen molar-refractivity contribution in [2.45, 2.75) is 44.6 Å². The summed E-state index contributed by atoms with van der Waals surface area (Å²) in [5, 5.41) is 0. The van der Waals surface area contributed by atoms with E-state index in [-0.39, 0.29) is 17.3 Å². The second-order valence-corrected chi connectivity index (χ2v) is 6.55. The molecule has 0 atom stereocenters. The third kappa shape index (κ3) is 3.32. The molecular weight excluding hydrogens is 256 g/mol. The number of amides is 1. The summed E-state index contributed by atoms with van der Waals surface area (Å²) in [6.07, 6.45) is 5.06. The molecule has 0 aromatic carbocycles. The van der Waals surface area contributed by atoms with Gasteiger partial charge in [0.1, 0.15) is 0 Å². The van der Waals surface area contributed by atoms with E-state index < -0.39 is 0 Å². The maximum atomic E-state index is 12.4. The number of methoxy groups -OCH3 is 1. The zero-order valence-corrected chi connectivity index (χ0v) is 12.9. The molecule has 0 radical (unpaired) electrons. The number of hydrogen-bond donors (Lipinski definition) is 0. The standard InChI is InChI=1S/C15H26N2O3/c1-16(2)12-10-17(11-12)13(18)8-15(6-4-5-7-15)9-14(19)20-3/h12H,4-11H2,1-3H3. The van der Waals surface area contributed by atoms with Gasteiger partial charge in [-0.15, -0.1) is 0 Å². The Hall–Kier alpha value is -1.10. The molecule has 1 amide bonds. The summed E-state index contributed by atoms with van der Waals surface area (Å²) in [5.41, 5.74) is -0.145. The van der Waals surface area contributed by atoms with Crippen LogP contribution >= 0.6 is 0 Å². The van der Waals surface area contributed by atoms with Crippen molar-refractivity contribution in [3.05, 3.63) is 0 Å². The zero-order chi connectivity index (χ0) is 14.8. The molecule has 1 aliphatic heterocycles. The SMILES string of the molecule is COC(=O)CC1(CC(=O)N2CC(N(C)C)C2)CCCC1. The Balaban J connectivity index is 1.89. The van der Waals surface area contributed by atoms with Gasteiger partial charge in [0.2, 0.25) is 5.91 Å². The lowest BCUT2D eigenvalue weighted by atomic mass is 9.78. The van der Waals surface area contributed by atoms with E-state index in [1.54, 1.807) is 0 Å². The van der Waals surface area contributed by atoms with E-state index in [2.05, 4.69) is 4.90 Å². The van der Waals surface area contributed by atoms with Gasteiger partial charge in [-0.25, -0.2) is 0 Å². The third-order valence-corrected chi connectivity index (χ3v) is 4.88. The van der Waals surface area contributed by atoms with Crippen LogP contribution in [0, 0.1) is 5.41 Å². The smallest absolute Gasteiger partial charge is 0.306 e. The van der Waals surface area contributed by atoms with E-state index in [4.69, 9.17) is 4.74 Å². The van der Waals surface area contributed by atoms with Gasteiger partial charge >= 0.3 is 5.97 Å². The van der Waals surface area contributed by atoms with Gasteiger partial charge < -0.3 is 14.5 Å². The lowest BCUT2D eigenvalue weighted by Gasteiger charge is -2.44. The number of likely N-dealkylation sites (tertiary alicyclic amines) is 1. The Bertz CT molecular complexity index is 369. The van der Waals surface area contributed by atoms with Crippen molar-refractivity contribution >= 4 is 11.9 Å². The molecule has 0 unspecified atom stereocenters. The fourth-order valence-electron chi connectivity index (χ4n) is 3.34. The van der Waals surface area contributed by atoms with Gasteiger partial charge in [-0.1, -0.05) is 12.8 Å². The minimum Gasteiger partial charge on any atom is -0.469 e. The topological polar surface area (TPSA) is 49.9 Å². The predicted octanol–water partition coefficient (Wildman–Crippen LogP) is 1.27. The van der Waals surface area contributed by atoms with Crippen molar-refractivity contribution < 1.29 is 14.3 Å². The predicted molar refractivity (Wildman–Crippen MR) is 76.2 cm³/mol. The normalized spacial score (nSPS) is 21.9. The first-order chi connectivity index (χ1) is 9.46. The highest BCUT2D eigenvalue weighted by molar-refractivity contribution is 5.79. The van der Waals surface area contributed by atoms with E-state index in [0.29, 0.717) is 18.9 Å². The average molecular weight is 282 g/mol. The van der Waals surface area contributed by atoms with Gasteiger partial charge in [0.15, 0.2) is 0 Å². The monoisotopic (exact) mass is 282 g/mol. The molecule has 2 aliphatic rings. The van der Waals surface area contributed by atoms with E-state index in [1.807, 2.05) is 19.0 Å². The molecule has 20 heavy (non-hydrogen) atoms. The highest BCUT2D eigenvalue weighted by Gasteiger charge is 2.41. The summed E-state index contributed by atoms with van der Waals surface area (Å²) in [6, 6.07) is 0.485. The maximum absolute atomic E-state index is 12.4. The minimum atomic E-state index is -0.186. The van der Waals surface area contributed by atoms with E-state index >= 15 is 0 Å². The number of nitrogens with zero attached hydrogens (tertiary/aromatic N) is 2. The lowest BCUT2D eigenvalue weighted by molar-refractivity contribution is -0.146. The quantitative estimate of drug-likeness (QED) is 0.713. The van der Waals surface area contributed by atoms with Crippen LogP contribution in [0.3, 0.4) is 0 Å². The fourth-order valence-corrected chi connectivity index (χ4v) is 3.34. The second kappa shape index (κ2) is 6.12. The fraction of sp³-hybridized carbons (Fsp3) is 0.867. The minimum absolute atomic E-state index is 0.145. The first-order valence-electron chi connectivity index (χ1n) is 7.47. The Morgan fingerprint density at radius 1 is 1.20 bits per heavy atom. The average Bonchev–Trinajstić information content (AvgIpc) is 2.74. The van der Waals surface area contributed by atoms with Gasteiger partial charge in [0.05, 0.1) is 13.5 Å². The summed E-state index contributed by atoms with van der Waals surface area (Å²) >= 11 is 0. The molecule has 5 heteroatoms. The number of esters is 1. The zero-order valence-electron chi connectivity index (χ0n) is 12.9. The number of likely N-dealkylation sites (N-methyl/N-ethyl adjacent to an activating group) is 1. The molecule has 0 spiro atoms. The molecule has 1 saturated heterocycles. The molecule has 114 valence electrons. The molecule has 0 aromatic rings. The summed E-state index contributed by atoms with van der Waals surface area (Å²) in [5.74, 6) is 0.0170. The molecule has 0 aromatic heterocycles. The lowest BCUT2D eigenvalue weighted by Crippen LogP contribution is -2.59. The highest BCUT2D eigenvalue weighted by atomic mass is 16.5. The first-order valence-corrected chi connectivity index (χ1v) is 7.47. The maximum Gasteiger partial charge on any atom is 0.306 e. The largest absolute Gasteiger partial charge is 0.469 e. The summed E-state index contributed by atoms with van der Waals surface area (Å²) in [6.45, 7) is 1.64. The van der Waals surface area contributed by atoms with Gasteiger partial charge in [0.25, 0.3) is 0 Å². The van der Waals surface area contributed by atoms with Crippen molar-refractivity contribution in [3.63, 3.8) is 0 Å². The summed E-state index contributed by atoms with van der Waals surface area (Å²) in [7, 11) is 5.51. The number of hydrogen-bond acceptors (Lipinski definition) is 4. The van der Waals surface area contributed by atoms with Crippen LogP contribution in [0.1, 0.15) is 38.5 Å². The van der Waals surface area contributed by atoms with Crippen LogP contribution in [0.5, 0.6) is 0 Å². The molecule has 2 fully saturated rings. The van der Waals surface area contributed by atoms with E-state index in [9.17, 15) is 9.59 Å². The molecular formula is C15H26N2O3. The molecule has 2 rings (SSSR count). The van der Waals surface area contributed by atoms with Crippen molar-refractivity contribution in [2.75, 3.05) is 34.3 Å². The summed E-state index contributed by atoms with van der Waals surface area (Å²) in [4.78, 5) is 28.1. The Kier molecular flexibility index (Phi) is 4.68. The van der Waals surface area contributed by atoms with Crippen molar-refractivity contribution in [2.24, 2.45) is 5.41 Å². The third-order valence-electron chi connectivity index (χ3n) is 4.88. The first kappa shape index (κ1) is 15.3. The van der Waals surface area contributed by atoms with Crippen molar-refractivity contribution in [1.82, 2.24) is 9.80 Å². The van der Waals surface area contributed by atoms with Gasteiger partial charge in [0, 0.05) is 25.6 Å². The van der Waals surface area contributed by atoms with Gasteiger partial charge in [-0.05, 0) is 32.4 Å². The molecule has 0 N–H and O–H groups in total. The number of carbonyl (C=O) groups excluding carboxylic acids is 2. The Labute approximate surface area is 121 Å². The van der Waals surface area contributed by atoms with Crippen LogP contribution < -0.4 is 0 Å². The van der Waals surface area contributed by atoms with E-state index in [0.717, 1.165) is 38.8 Å². The van der Waals surface area contributed by atoms with Crippen molar-refractivity contribution in [3.8, 4) is 0 Å². The van der Waals surface area contributed by atoms with Crippen LogP contribution in [0.4, 0.5) is 0 Å². The molecule has 1 saturated carbocycles. The Morgan fingerprint density at radius 2 is 1.80 bits per heavy atom. The van der Waals surface area contributed by atoms with Crippen LogP contribution in [0.2, 0.25) is 0 Å². The number of rotatable bonds is 5. The van der Waals surface area contributed by atoms with Crippen LogP contribution in [-0.4, -0.2) is 62.0 Å². The molecule has 1 aliphatic carbocycles. The van der Waals surface area contributed by atoms with Crippen LogP contribution in [0.15, 0.2) is 0 Å². The second-order valence-electron chi connectivity index (χ2n) is 6.55. The van der Waals surface area contributed by atoms with Crippen molar-refractivity contribution in [1.29, 1.82) is 0 Å². The number of ether oxygens (including phenoxy) is 1. The molecule has 0 bridgehead atoms. The molecule has 5 nitrogen and oxygen atoms in total.